The SMILES string of the molecule is Cn1ccnc1CN(C(=O)c1cc(-c2ccc(O)cc2)n[nH]1)C1CC1. The highest BCUT2D eigenvalue weighted by Crippen LogP contribution is 2.30. The fourth-order valence-corrected chi connectivity index (χ4v) is 2.82. The van der Waals surface area contributed by atoms with Crippen molar-refractivity contribution in [3.63, 3.8) is 0 Å². The molecule has 2 aromatic heterocycles. The molecule has 4 rings (SSSR count). The first-order valence-electron chi connectivity index (χ1n) is 8.24. The Bertz CT molecular complexity index is 892. The van der Waals surface area contributed by atoms with E-state index in [0.29, 0.717) is 17.9 Å². The lowest BCUT2D eigenvalue weighted by atomic mass is 10.1. The van der Waals surface area contributed by atoms with Crippen molar-refractivity contribution in [2.24, 2.45) is 7.05 Å². The summed E-state index contributed by atoms with van der Waals surface area (Å²) in [6, 6.07) is 8.76. The summed E-state index contributed by atoms with van der Waals surface area (Å²) in [4.78, 5) is 19.1. The molecule has 25 heavy (non-hydrogen) atoms. The Morgan fingerprint density at radius 3 is 2.76 bits per heavy atom. The van der Waals surface area contributed by atoms with E-state index in [2.05, 4.69) is 15.2 Å². The molecule has 1 amide bonds. The molecular weight excluding hydrogens is 318 g/mol. The van der Waals surface area contributed by atoms with E-state index >= 15 is 0 Å². The zero-order valence-electron chi connectivity index (χ0n) is 13.9. The average molecular weight is 337 g/mol. The van der Waals surface area contributed by atoms with Gasteiger partial charge in [-0.15, -0.1) is 0 Å². The standard InChI is InChI=1S/C18H19N5O2/c1-22-9-8-19-17(22)11-23(13-4-5-13)18(25)16-10-15(20-21-16)12-2-6-14(24)7-3-12/h2-3,6-10,13,24H,4-5,11H2,1H3,(H,20,21). The first-order valence-corrected chi connectivity index (χ1v) is 8.24. The quantitative estimate of drug-likeness (QED) is 0.748. The third-order valence-electron chi connectivity index (χ3n) is 4.45. The summed E-state index contributed by atoms with van der Waals surface area (Å²) in [6.45, 7) is 0.487. The number of benzene rings is 1. The largest absolute Gasteiger partial charge is 0.508 e. The molecule has 0 aliphatic heterocycles. The summed E-state index contributed by atoms with van der Waals surface area (Å²) in [5, 5.41) is 16.5. The summed E-state index contributed by atoms with van der Waals surface area (Å²) >= 11 is 0. The molecule has 128 valence electrons. The third-order valence-corrected chi connectivity index (χ3v) is 4.45. The lowest BCUT2D eigenvalue weighted by molar-refractivity contribution is 0.0718. The highest BCUT2D eigenvalue weighted by molar-refractivity contribution is 5.93. The van der Waals surface area contributed by atoms with Crippen LogP contribution in [-0.4, -0.2) is 41.7 Å². The van der Waals surface area contributed by atoms with Crippen molar-refractivity contribution >= 4 is 5.91 Å². The van der Waals surface area contributed by atoms with Gasteiger partial charge in [0.2, 0.25) is 0 Å². The van der Waals surface area contributed by atoms with Gasteiger partial charge < -0.3 is 14.6 Å². The maximum atomic E-state index is 12.9. The van der Waals surface area contributed by atoms with Gasteiger partial charge in [0.05, 0.1) is 12.2 Å². The molecule has 1 aliphatic carbocycles. The third kappa shape index (κ3) is 3.13. The Balaban J connectivity index is 1.56. The molecule has 0 unspecified atom stereocenters. The second-order valence-electron chi connectivity index (χ2n) is 6.33. The number of amides is 1. The first-order chi connectivity index (χ1) is 12.1. The number of aromatic hydroxyl groups is 1. The Morgan fingerprint density at radius 1 is 1.36 bits per heavy atom. The molecule has 0 radical (unpaired) electrons. The van der Waals surface area contributed by atoms with E-state index in [1.54, 1.807) is 36.5 Å². The predicted molar refractivity (Wildman–Crippen MR) is 91.8 cm³/mol. The van der Waals surface area contributed by atoms with Gasteiger partial charge >= 0.3 is 0 Å². The van der Waals surface area contributed by atoms with Crippen molar-refractivity contribution in [1.82, 2.24) is 24.6 Å². The number of aryl methyl sites for hydroxylation is 1. The van der Waals surface area contributed by atoms with Gasteiger partial charge in [-0.3, -0.25) is 9.89 Å². The van der Waals surface area contributed by atoms with E-state index in [1.165, 1.54) is 0 Å². The van der Waals surface area contributed by atoms with Gasteiger partial charge in [0, 0.05) is 31.0 Å². The van der Waals surface area contributed by atoms with Crippen LogP contribution in [0.4, 0.5) is 0 Å². The van der Waals surface area contributed by atoms with Crippen molar-refractivity contribution in [1.29, 1.82) is 0 Å². The highest BCUT2D eigenvalue weighted by Gasteiger charge is 2.34. The minimum atomic E-state index is -0.0666. The smallest absolute Gasteiger partial charge is 0.272 e. The van der Waals surface area contributed by atoms with Gasteiger partial charge in [-0.1, -0.05) is 0 Å². The molecule has 2 N–H and O–H groups in total. The molecular formula is C18H19N5O2. The Labute approximate surface area is 144 Å². The van der Waals surface area contributed by atoms with Crippen LogP contribution in [0.25, 0.3) is 11.3 Å². The summed E-state index contributed by atoms with van der Waals surface area (Å²) in [6.07, 6.45) is 5.66. The topological polar surface area (TPSA) is 87.0 Å². The number of H-pyrrole nitrogens is 1. The Hall–Kier alpha value is -3.09. The molecule has 1 fully saturated rings. The van der Waals surface area contributed by atoms with Crippen molar-refractivity contribution in [2.45, 2.75) is 25.4 Å². The van der Waals surface area contributed by atoms with Crippen LogP contribution in [0.1, 0.15) is 29.2 Å². The van der Waals surface area contributed by atoms with Crippen molar-refractivity contribution in [3.8, 4) is 17.0 Å². The van der Waals surface area contributed by atoms with Gasteiger partial charge in [-0.25, -0.2) is 4.98 Å². The van der Waals surface area contributed by atoms with E-state index < -0.39 is 0 Å². The molecule has 0 saturated heterocycles. The van der Waals surface area contributed by atoms with Crippen LogP contribution in [0.2, 0.25) is 0 Å². The maximum absolute atomic E-state index is 12.9. The predicted octanol–water partition coefficient (Wildman–Crippen LogP) is 2.32. The molecule has 3 aromatic rings. The molecule has 7 nitrogen and oxygen atoms in total. The number of nitrogens with one attached hydrogen (secondary N) is 1. The molecule has 1 aromatic carbocycles. The molecule has 1 saturated carbocycles. The molecule has 0 bridgehead atoms. The molecule has 0 atom stereocenters. The highest BCUT2D eigenvalue weighted by atomic mass is 16.3. The number of hydrogen-bond donors (Lipinski definition) is 2. The van der Waals surface area contributed by atoms with Gasteiger partial charge in [-0.2, -0.15) is 5.10 Å². The summed E-state index contributed by atoms with van der Waals surface area (Å²) in [7, 11) is 1.93. The Morgan fingerprint density at radius 2 is 2.12 bits per heavy atom. The van der Waals surface area contributed by atoms with Gasteiger partial charge in [0.25, 0.3) is 5.91 Å². The van der Waals surface area contributed by atoms with Crippen LogP contribution < -0.4 is 0 Å². The summed E-state index contributed by atoms with van der Waals surface area (Å²) in [5.41, 5.74) is 1.98. The summed E-state index contributed by atoms with van der Waals surface area (Å²) in [5.74, 6) is 0.993. The van der Waals surface area contributed by atoms with Crippen molar-refractivity contribution in [2.75, 3.05) is 0 Å². The minimum absolute atomic E-state index is 0.0666. The maximum Gasteiger partial charge on any atom is 0.272 e. The van der Waals surface area contributed by atoms with Crippen LogP contribution in [0.5, 0.6) is 5.75 Å². The monoisotopic (exact) mass is 337 g/mol. The average Bonchev–Trinajstić information content (AvgIpc) is 3.18. The van der Waals surface area contributed by atoms with Crippen molar-refractivity contribution in [3.05, 3.63) is 54.2 Å². The Kier molecular flexibility index (Phi) is 3.76. The number of aromatic nitrogens is 4. The lowest BCUT2D eigenvalue weighted by Crippen LogP contribution is -2.33. The molecule has 2 heterocycles. The van der Waals surface area contributed by atoms with E-state index in [1.807, 2.05) is 22.7 Å². The number of phenolic OH excluding ortho intramolecular Hbond substituents is 1. The van der Waals surface area contributed by atoms with Crippen molar-refractivity contribution < 1.29 is 9.90 Å². The van der Waals surface area contributed by atoms with Crippen LogP contribution in [0.3, 0.4) is 0 Å². The van der Waals surface area contributed by atoms with Gasteiger partial charge in [-0.05, 0) is 43.2 Å². The van der Waals surface area contributed by atoms with E-state index in [4.69, 9.17) is 0 Å². The van der Waals surface area contributed by atoms with Gasteiger partial charge in [0.15, 0.2) is 0 Å². The van der Waals surface area contributed by atoms with Gasteiger partial charge in [0.1, 0.15) is 17.3 Å². The molecule has 0 spiro atoms. The van der Waals surface area contributed by atoms with Crippen LogP contribution in [-0.2, 0) is 13.6 Å². The lowest BCUT2D eigenvalue weighted by Gasteiger charge is -2.21. The number of hydrogen-bond acceptors (Lipinski definition) is 4. The van der Waals surface area contributed by atoms with E-state index in [9.17, 15) is 9.90 Å². The fraction of sp³-hybridized carbons (Fsp3) is 0.278. The number of rotatable bonds is 5. The van der Waals surface area contributed by atoms with Crippen LogP contribution >= 0.6 is 0 Å². The number of imidazole rings is 1. The second kappa shape index (κ2) is 6.08. The van der Waals surface area contributed by atoms with E-state index in [0.717, 1.165) is 24.2 Å². The van der Waals surface area contributed by atoms with Crippen LogP contribution in [0, 0.1) is 0 Å². The number of carbonyl (C=O) groups is 1. The zero-order valence-corrected chi connectivity index (χ0v) is 13.9. The minimum Gasteiger partial charge on any atom is -0.508 e. The number of aromatic amines is 1. The fourth-order valence-electron chi connectivity index (χ4n) is 2.82. The second-order valence-corrected chi connectivity index (χ2v) is 6.33. The molecule has 1 aliphatic rings. The first kappa shape index (κ1) is 15.4. The zero-order chi connectivity index (χ0) is 17.4. The number of phenols is 1. The number of carbonyl (C=O) groups excluding carboxylic acids is 1. The normalized spacial score (nSPS) is 13.8. The van der Waals surface area contributed by atoms with Crippen LogP contribution in [0.15, 0.2) is 42.7 Å². The number of nitrogens with zero attached hydrogens (tertiary/aromatic N) is 4. The summed E-state index contributed by atoms with van der Waals surface area (Å²) < 4.78 is 1.93. The van der Waals surface area contributed by atoms with E-state index in [-0.39, 0.29) is 17.7 Å². The molecule has 7 heteroatoms.